The Labute approximate surface area is 103 Å². The fourth-order valence-corrected chi connectivity index (χ4v) is 2.13. The minimum absolute atomic E-state index is 0.154. The van der Waals surface area contributed by atoms with Gasteiger partial charge < -0.3 is 10.6 Å². The average molecular weight is 232 g/mol. The van der Waals surface area contributed by atoms with Crippen LogP contribution in [-0.2, 0) is 11.3 Å². The zero-order chi connectivity index (χ0) is 12.3. The number of carbonyl (C=O) groups is 1. The van der Waals surface area contributed by atoms with Crippen molar-refractivity contribution >= 4 is 5.91 Å². The van der Waals surface area contributed by atoms with Crippen LogP contribution in [0.15, 0.2) is 18.2 Å². The van der Waals surface area contributed by atoms with Gasteiger partial charge in [-0.1, -0.05) is 18.2 Å². The predicted molar refractivity (Wildman–Crippen MR) is 68.7 cm³/mol. The molecule has 1 aromatic rings. The summed E-state index contributed by atoms with van der Waals surface area (Å²) in [7, 11) is 0. The van der Waals surface area contributed by atoms with Crippen LogP contribution >= 0.6 is 0 Å². The van der Waals surface area contributed by atoms with Crippen LogP contribution in [0.2, 0.25) is 0 Å². The van der Waals surface area contributed by atoms with E-state index in [4.69, 9.17) is 0 Å². The molecule has 0 saturated carbocycles. The molecule has 17 heavy (non-hydrogen) atoms. The molecule has 3 nitrogen and oxygen atoms in total. The van der Waals surface area contributed by atoms with Crippen LogP contribution < -0.4 is 10.6 Å². The molecule has 1 unspecified atom stereocenters. The standard InChI is InChI=1S/C14H20N2O/c1-10-3-4-12(7-11(10)2)8-16-14(17)13-5-6-15-9-13/h3-4,7,13,15H,5-6,8-9H2,1-2H3,(H,16,17). The summed E-state index contributed by atoms with van der Waals surface area (Å²) >= 11 is 0. The predicted octanol–water partition coefficient (Wildman–Crippen LogP) is 1.53. The molecule has 92 valence electrons. The van der Waals surface area contributed by atoms with Crippen molar-refractivity contribution in [2.75, 3.05) is 13.1 Å². The van der Waals surface area contributed by atoms with Crippen LogP contribution in [0.3, 0.4) is 0 Å². The van der Waals surface area contributed by atoms with E-state index in [2.05, 4.69) is 42.7 Å². The van der Waals surface area contributed by atoms with E-state index in [1.165, 1.54) is 16.7 Å². The lowest BCUT2D eigenvalue weighted by atomic mass is 10.1. The van der Waals surface area contributed by atoms with Gasteiger partial charge >= 0.3 is 0 Å². The third kappa shape index (κ3) is 3.07. The third-order valence-electron chi connectivity index (χ3n) is 3.47. The maximum atomic E-state index is 11.8. The maximum Gasteiger partial charge on any atom is 0.224 e. The Morgan fingerprint density at radius 1 is 1.41 bits per heavy atom. The van der Waals surface area contributed by atoms with E-state index < -0.39 is 0 Å². The first-order valence-electron chi connectivity index (χ1n) is 6.21. The summed E-state index contributed by atoms with van der Waals surface area (Å²) in [6.45, 7) is 6.61. The fourth-order valence-electron chi connectivity index (χ4n) is 2.13. The Morgan fingerprint density at radius 3 is 2.88 bits per heavy atom. The Kier molecular flexibility index (Phi) is 3.79. The molecular weight excluding hydrogens is 212 g/mol. The molecule has 1 fully saturated rings. The second kappa shape index (κ2) is 5.32. The van der Waals surface area contributed by atoms with E-state index in [0.717, 1.165) is 19.5 Å². The Balaban J connectivity index is 1.88. The molecule has 1 saturated heterocycles. The first-order valence-corrected chi connectivity index (χ1v) is 6.21. The zero-order valence-corrected chi connectivity index (χ0v) is 10.5. The molecule has 1 heterocycles. The summed E-state index contributed by atoms with van der Waals surface area (Å²) in [5, 5.41) is 6.22. The molecule has 1 amide bonds. The van der Waals surface area contributed by atoms with Crippen molar-refractivity contribution in [1.82, 2.24) is 10.6 Å². The number of nitrogens with one attached hydrogen (secondary N) is 2. The molecule has 3 heteroatoms. The first kappa shape index (κ1) is 12.1. The van der Waals surface area contributed by atoms with Crippen LogP contribution in [0, 0.1) is 19.8 Å². The van der Waals surface area contributed by atoms with E-state index >= 15 is 0 Å². The van der Waals surface area contributed by atoms with Gasteiger partial charge in [0.15, 0.2) is 0 Å². The van der Waals surface area contributed by atoms with Gasteiger partial charge in [0.05, 0.1) is 5.92 Å². The topological polar surface area (TPSA) is 41.1 Å². The number of aryl methyl sites for hydroxylation is 2. The molecule has 1 aliphatic rings. The van der Waals surface area contributed by atoms with Crippen LogP contribution in [-0.4, -0.2) is 19.0 Å². The van der Waals surface area contributed by atoms with Gasteiger partial charge in [-0.15, -0.1) is 0 Å². The van der Waals surface area contributed by atoms with E-state index in [1.54, 1.807) is 0 Å². The number of hydrogen-bond acceptors (Lipinski definition) is 2. The van der Waals surface area contributed by atoms with Gasteiger partial charge in [0, 0.05) is 13.1 Å². The highest BCUT2D eigenvalue weighted by molar-refractivity contribution is 5.79. The van der Waals surface area contributed by atoms with Crippen molar-refractivity contribution in [3.63, 3.8) is 0 Å². The van der Waals surface area contributed by atoms with Gasteiger partial charge in [0.2, 0.25) is 5.91 Å². The number of hydrogen-bond donors (Lipinski definition) is 2. The van der Waals surface area contributed by atoms with Gasteiger partial charge in [-0.05, 0) is 43.5 Å². The van der Waals surface area contributed by atoms with Crippen molar-refractivity contribution in [3.05, 3.63) is 34.9 Å². The van der Waals surface area contributed by atoms with Gasteiger partial charge in [0.25, 0.3) is 0 Å². The normalized spacial score (nSPS) is 19.3. The number of benzene rings is 1. The Bertz CT molecular complexity index is 409. The lowest BCUT2D eigenvalue weighted by Crippen LogP contribution is -2.31. The summed E-state index contributed by atoms with van der Waals surface area (Å²) < 4.78 is 0. The summed E-state index contributed by atoms with van der Waals surface area (Å²) in [6.07, 6.45) is 0.957. The second-order valence-corrected chi connectivity index (χ2v) is 4.83. The largest absolute Gasteiger partial charge is 0.352 e. The van der Waals surface area contributed by atoms with E-state index in [0.29, 0.717) is 6.54 Å². The van der Waals surface area contributed by atoms with Crippen LogP contribution in [0.5, 0.6) is 0 Å². The number of carbonyl (C=O) groups excluding carboxylic acids is 1. The molecule has 1 aliphatic heterocycles. The third-order valence-corrected chi connectivity index (χ3v) is 3.47. The highest BCUT2D eigenvalue weighted by atomic mass is 16.1. The molecule has 0 bridgehead atoms. The number of rotatable bonds is 3. The monoisotopic (exact) mass is 232 g/mol. The first-order chi connectivity index (χ1) is 8.16. The minimum Gasteiger partial charge on any atom is -0.352 e. The Hall–Kier alpha value is -1.35. The van der Waals surface area contributed by atoms with Crippen LogP contribution in [0.4, 0.5) is 0 Å². The smallest absolute Gasteiger partial charge is 0.224 e. The molecule has 0 aromatic heterocycles. The van der Waals surface area contributed by atoms with Gasteiger partial charge in [-0.2, -0.15) is 0 Å². The molecule has 1 aromatic carbocycles. The summed E-state index contributed by atoms with van der Waals surface area (Å²) in [5.74, 6) is 0.328. The zero-order valence-electron chi connectivity index (χ0n) is 10.5. The van der Waals surface area contributed by atoms with Crippen molar-refractivity contribution in [2.24, 2.45) is 5.92 Å². The number of amides is 1. The molecule has 2 rings (SSSR count). The average Bonchev–Trinajstić information content (AvgIpc) is 2.84. The van der Waals surface area contributed by atoms with Crippen LogP contribution in [0.1, 0.15) is 23.1 Å². The van der Waals surface area contributed by atoms with Crippen molar-refractivity contribution < 1.29 is 4.79 Å². The van der Waals surface area contributed by atoms with Gasteiger partial charge in [0.1, 0.15) is 0 Å². The SMILES string of the molecule is Cc1ccc(CNC(=O)C2CCNC2)cc1C. The lowest BCUT2D eigenvalue weighted by molar-refractivity contribution is -0.124. The fraction of sp³-hybridized carbons (Fsp3) is 0.500. The molecular formula is C14H20N2O. The van der Waals surface area contributed by atoms with Crippen LogP contribution in [0.25, 0.3) is 0 Å². The van der Waals surface area contributed by atoms with Gasteiger partial charge in [-0.3, -0.25) is 4.79 Å². The molecule has 0 spiro atoms. The lowest BCUT2D eigenvalue weighted by Gasteiger charge is -2.10. The van der Waals surface area contributed by atoms with Gasteiger partial charge in [-0.25, -0.2) is 0 Å². The van der Waals surface area contributed by atoms with Crippen molar-refractivity contribution in [1.29, 1.82) is 0 Å². The summed E-state index contributed by atoms with van der Waals surface area (Å²) in [4.78, 5) is 11.8. The van der Waals surface area contributed by atoms with E-state index in [1.807, 2.05) is 0 Å². The van der Waals surface area contributed by atoms with Crippen molar-refractivity contribution in [2.45, 2.75) is 26.8 Å². The highest BCUT2D eigenvalue weighted by Crippen LogP contribution is 2.11. The summed E-state index contributed by atoms with van der Waals surface area (Å²) in [5.41, 5.74) is 3.74. The van der Waals surface area contributed by atoms with Crippen molar-refractivity contribution in [3.8, 4) is 0 Å². The van der Waals surface area contributed by atoms with E-state index in [9.17, 15) is 4.79 Å². The minimum atomic E-state index is 0.154. The molecule has 0 aliphatic carbocycles. The second-order valence-electron chi connectivity index (χ2n) is 4.83. The highest BCUT2D eigenvalue weighted by Gasteiger charge is 2.21. The summed E-state index contributed by atoms with van der Waals surface area (Å²) in [6, 6.07) is 6.33. The quantitative estimate of drug-likeness (QED) is 0.830. The maximum absolute atomic E-state index is 11.8. The Morgan fingerprint density at radius 2 is 2.24 bits per heavy atom. The molecule has 2 N–H and O–H groups in total. The molecule has 1 atom stereocenters. The van der Waals surface area contributed by atoms with E-state index in [-0.39, 0.29) is 11.8 Å². The molecule has 0 radical (unpaired) electrons.